The van der Waals surface area contributed by atoms with Crippen molar-refractivity contribution >= 4 is 11.7 Å². The fourth-order valence-electron chi connectivity index (χ4n) is 4.31. The summed E-state index contributed by atoms with van der Waals surface area (Å²) in [6, 6.07) is 25.4. The summed E-state index contributed by atoms with van der Waals surface area (Å²) in [4.78, 5) is 22.6. The van der Waals surface area contributed by atoms with Crippen LogP contribution in [0.15, 0.2) is 78.9 Å². The molecule has 5 rings (SSSR count). The van der Waals surface area contributed by atoms with E-state index < -0.39 is 0 Å². The number of hydrogen-bond acceptors (Lipinski definition) is 4. The summed E-state index contributed by atoms with van der Waals surface area (Å²) in [5, 5.41) is 12.9. The van der Waals surface area contributed by atoms with E-state index in [1.54, 1.807) is 12.1 Å². The highest BCUT2D eigenvalue weighted by atomic mass is 16.3. The minimum absolute atomic E-state index is 0.0569. The molecule has 1 amide bonds. The van der Waals surface area contributed by atoms with Crippen molar-refractivity contribution in [2.45, 2.75) is 32.1 Å². The Morgan fingerprint density at radius 2 is 1.64 bits per heavy atom. The molecule has 1 aliphatic rings. The molecule has 0 spiro atoms. The van der Waals surface area contributed by atoms with E-state index in [2.05, 4.69) is 17.4 Å². The van der Waals surface area contributed by atoms with E-state index >= 15 is 0 Å². The fraction of sp³-hybridized carbons (Fsp3) is 0.179. The second-order valence-electron chi connectivity index (χ2n) is 8.31. The Labute approximate surface area is 193 Å². The van der Waals surface area contributed by atoms with Crippen molar-refractivity contribution in [3.63, 3.8) is 0 Å². The van der Waals surface area contributed by atoms with Gasteiger partial charge in [-0.25, -0.2) is 9.97 Å². The molecule has 1 aromatic heterocycles. The monoisotopic (exact) mass is 435 g/mol. The number of nitrogens with zero attached hydrogens (tertiary/aromatic N) is 2. The summed E-state index contributed by atoms with van der Waals surface area (Å²) in [5.41, 5.74) is 6.52. The van der Waals surface area contributed by atoms with Gasteiger partial charge in [-0.05, 0) is 55.0 Å². The molecular formula is C28H25N3O2. The lowest BCUT2D eigenvalue weighted by molar-refractivity contribution is -0.116. The lowest BCUT2D eigenvalue weighted by Gasteiger charge is -2.21. The van der Waals surface area contributed by atoms with Crippen molar-refractivity contribution in [1.29, 1.82) is 0 Å². The molecule has 0 fully saturated rings. The van der Waals surface area contributed by atoms with Gasteiger partial charge in [-0.3, -0.25) is 4.79 Å². The highest BCUT2D eigenvalue weighted by Crippen LogP contribution is 2.36. The summed E-state index contributed by atoms with van der Waals surface area (Å²) < 4.78 is 0. The van der Waals surface area contributed by atoms with Crippen molar-refractivity contribution in [3.05, 3.63) is 95.7 Å². The summed E-state index contributed by atoms with van der Waals surface area (Å²) in [6.07, 6.45) is 3.54. The van der Waals surface area contributed by atoms with E-state index in [0.29, 0.717) is 24.4 Å². The highest BCUT2D eigenvalue weighted by molar-refractivity contribution is 5.93. The van der Waals surface area contributed by atoms with Crippen LogP contribution in [-0.4, -0.2) is 21.0 Å². The molecule has 1 aliphatic carbocycles. The third kappa shape index (κ3) is 4.62. The van der Waals surface area contributed by atoms with Gasteiger partial charge in [0.1, 0.15) is 11.4 Å². The normalized spacial score (nSPS) is 12.0. The average Bonchev–Trinajstić information content (AvgIpc) is 2.84. The van der Waals surface area contributed by atoms with E-state index in [9.17, 15) is 9.90 Å². The van der Waals surface area contributed by atoms with Crippen LogP contribution in [0, 0.1) is 0 Å². The van der Waals surface area contributed by atoms with E-state index in [-0.39, 0.29) is 11.7 Å². The van der Waals surface area contributed by atoms with E-state index in [0.717, 1.165) is 47.3 Å². The standard InChI is InChI=1S/C28H25N3O2/c32-22-15-16-23-21(18-22)14-17-24-27(23)31-26(20-11-5-2-6-12-20)28(29-24)30-25(33)13-7-10-19-8-3-1-4-9-19/h1-6,8-9,11-12,15-16,18,32H,7,10,13-14,17H2,(H,29,30,33). The van der Waals surface area contributed by atoms with Crippen molar-refractivity contribution in [2.75, 3.05) is 5.32 Å². The van der Waals surface area contributed by atoms with Crippen molar-refractivity contribution in [1.82, 2.24) is 9.97 Å². The molecule has 0 unspecified atom stereocenters. The van der Waals surface area contributed by atoms with Crippen LogP contribution in [-0.2, 0) is 24.1 Å². The van der Waals surface area contributed by atoms with Crippen molar-refractivity contribution in [2.24, 2.45) is 0 Å². The number of carbonyl (C=O) groups is 1. The number of nitrogens with one attached hydrogen (secondary N) is 1. The summed E-state index contributed by atoms with van der Waals surface area (Å²) in [7, 11) is 0. The van der Waals surface area contributed by atoms with Gasteiger partial charge < -0.3 is 10.4 Å². The van der Waals surface area contributed by atoms with Crippen LogP contribution in [0.4, 0.5) is 5.82 Å². The number of aromatic hydroxyl groups is 1. The molecule has 0 atom stereocenters. The Hall–Kier alpha value is -3.99. The van der Waals surface area contributed by atoms with Gasteiger partial charge in [0, 0.05) is 17.5 Å². The number of benzene rings is 3. The van der Waals surface area contributed by atoms with Gasteiger partial charge in [0.15, 0.2) is 5.82 Å². The third-order valence-corrected chi connectivity index (χ3v) is 5.96. The van der Waals surface area contributed by atoms with Gasteiger partial charge in [-0.1, -0.05) is 60.7 Å². The second kappa shape index (κ2) is 9.25. The average molecular weight is 436 g/mol. The highest BCUT2D eigenvalue weighted by Gasteiger charge is 2.23. The number of phenols is 1. The Balaban J connectivity index is 1.43. The molecule has 0 radical (unpaired) electrons. The number of fused-ring (bicyclic) bond motifs is 3. The number of hydrogen-bond donors (Lipinski definition) is 2. The van der Waals surface area contributed by atoms with Crippen LogP contribution in [0.25, 0.3) is 22.5 Å². The van der Waals surface area contributed by atoms with Crippen LogP contribution in [0.2, 0.25) is 0 Å². The zero-order chi connectivity index (χ0) is 22.6. The van der Waals surface area contributed by atoms with Crippen LogP contribution >= 0.6 is 0 Å². The predicted molar refractivity (Wildman–Crippen MR) is 130 cm³/mol. The maximum absolute atomic E-state index is 12.8. The molecule has 3 aromatic carbocycles. The molecule has 1 heterocycles. The van der Waals surface area contributed by atoms with Gasteiger partial charge in [0.05, 0.1) is 11.4 Å². The quantitative estimate of drug-likeness (QED) is 0.415. The first kappa shape index (κ1) is 20.9. The molecule has 164 valence electrons. The second-order valence-corrected chi connectivity index (χ2v) is 8.31. The number of anilines is 1. The van der Waals surface area contributed by atoms with Crippen LogP contribution in [0.1, 0.15) is 29.7 Å². The molecule has 2 N–H and O–H groups in total. The predicted octanol–water partition coefficient (Wildman–Crippen LogP) is 5.58. The molecule has 0 saturated carbocycles. The minimum atomic E-state index is -0.0569. The molecule has 5 heteroatoms. The lowest BCUT2D eigenvalue weighted by atomic mass is 9.91. The van der Waals surface area contributed by atoms with Gasteiger partial charge in [-0.2, -0.15) is 0 Å². The summed E-state index contributed by atoms with van der Waals surface area (Å²) >= 11 is 0. The van der Waals surface area contributed by atoms with Gasteiger partial charge >= 0.3 is 0 Å². The number of rotatable bonds is 6. The van der Waals surface area contributed by atoms with E-state index in [1.807, 2.05) is 54.6 Å². The summed E-state index contributed by atoms with van der Waals surface area (Å²) in [6.45, 7) is 0. The Bertz CT molecular complexity index is 1290. The molecule has 33 heavy (non-hydrogen) atoms. The summed E-state index contributed by atoms with van der Waals surface area (Å²) in [5.74, 6) is 0.707. The molecule has 0 bridgehead atoms. The Morgan fingerprint density at radius 1 is 0.879 bits per heavy atom. The SMILES string of the molecule is O=C(CCCc1ccccc1)Nc1nc2c(nc1-c1ccccc1)-c1ccc(O)cc1CC2. The number of aryl methyl sites for hydroxylation is 3. The van der Waals surface area contributed by atoms with Crippen LogP contribution in [0.5, 0.6) is 5.75 Å². The number of carbonyl (C=O) groups excluding carboxylic acids is 1. The number of amides is 1. The largest absolute Gasteiger partial charge is 0.508 e. The number of aromatic nitrogens is 2. The first-order valence-corrected chi connectivity index (χ1v) is 11.3. The molecule has 4 aromatic rings. The van der Waals surface area contributed by atoms with E-state index in [4.69, 9.17) is 9.97 Å². The molecule has 0 aliphatic heterocycles. The van der Waals surface area contributed by atoms with Gasteiger partial charge in [-0.15, -0.1) is 0 Å². The Kier molecular flexibility index (Phi) is 5.85. The fourth-order valence-corrected chi connectivity index (χ4v) is 4.31. The minimum Gasteiger partial charge on any atom is -0.508 e. The zero-order valence-electron chi connectivity index (χ0n) is 18.3. The molecule has 5 nitrogen and oxygen atoms in total. The smallest absolute Gasteiger partial charge is 0.225 e. The van der Waals surface area contributed by atoms with Crippen molar-refractivity contribution < 1.29 is 9.90 Å². The first-order valence-electron chi connectivity index (χ1n) is 11.3. The van der Waals surface area contributed by atoms with Crippen molar-refractivity contribution in [3.8, 4) is 28.3 Å². The maximum Gasteiger partial charge on any atom is 0.225 e. The zero-order valence-corrected chi connectivity index (χ0v) is 18.3. The van der Waals surface area contributed by atoms with E-state index in [1.165, 1.54) is 5.56 Å². The topological polar surface area (TPSA) is 75.1 Å². The van der Waals surface area contributed by atoms with Gasteiger partial charge in [0.25, 0.3) is 0 Å². The van der Waals surface area contributed by atoms with Crippen LogP contribution < -0.4 is 5.32 Å². The molecule has 0 saturated heterocycles. The van der Waals surface area contributed by atoms with Gasteiger partial charge in [0.2, 0.25) is 5.91 Å². The lowest BCUT2D eigenvalue weighted by Crippen LogP contribution is -2.17. The maximum atomic E-state index is 12.8. The Morgan fingerprint density at radius 3 is 2.42 bits per heavy atom. The molecular weight excluding hydrogens is 410 g/mol. The third-order valence-electron chi connectivity index (χ3n) is 5.96. The first-order chi connectivity index (χ1) is 16.2. The van der Waals surface area contributed by atoms with Crippen LogP contribution in [0.3, 0.4) is 0 Å². The number of phenolic OH excluding ortho intramolecular Hbond substituents is 1.